The van der Waals surface area contributed by atoms with Gasteiger partial charge in [0.15, 0.2) is 5.65 Å². The van der Waals surface area contributed by atoms with Crippen LogP contribution in [0.15, 0.2) is 18.6 Å². The lowest BCUT2D eigenvalue weighted by Crippen LogP contribution is -2.54. The van der Waals surface area contributed by atoms with E-state index in [-0.39, 0.29) is 11.5 Å². The average molecular weight is 411 g/mol. The lowest BCUT2D eigenvalue weighted by atomic mass is 9.71. The van der Waals surface area contributed by atoms with Crippen molar-refractivity contribution in [2.24, 2.45) is 5.41 Å². The fourth-order valence-corrected chi connectivity index (χ4v) is 5.28. The Morgan fingerprint density at radius 3 is 2.73 bits per heavy atom. The van der Waals surface area contributed by atoms with Crippen LogP contribution in [0.3, 0.4) is 0 Å². The van der Waals surface area contributed by atoms with Crippen molar-refractivity contribution in [1.29, 1.82) is 0 Å². The minimum absolute atomic E-state index is 0.0951. The number of rotatable bonds is 3. The number of aryl methyl sites for hydroxylation is 2. The third kappa shape index (κ3) is 3.12. The molecule has 9 heteroatoms. The number of nitrogens with zero attached hydrogens (tertiary/aromatic N) is 8. The predicted molar refractivity (Wildman–Crippen MR) is 115 cm³/mol. The Morgan fingerprint density at radius 1 is 1.17 bits per heavy atom. The number of hydrogen-bond donors (Lipinski definition) is 1. The van der Waals surface area contributed by atoms with Gasteiger partial charge in [-0.05, 0) is 45.4 Å². The summed E-state index contributed by atoms with van der Waals surface area (Å²) >= 11 is 0. The number of aliphatic hydroxyl groups is 1. The number of aliphatic hydroxyl groups excluding tert-OH is 1. The van der Waals surface area contributed by atoms with Crippen LogP contribution in [0, 0.1) is 19.3 Å². The first kappa shape index (κ1) is 19.3. The summed E-state index contributed by atoms with van der Waals surface area (Å²) in [6.07, 6.45) is 6.00. The maximum absolute atomic E-state index is 10.7. The molecule has 2 fully saturated rings. The monoisotopic (exact) mass is 410 g/mol. The maximum Gasteiger partial charge on any atom is 0.223 e. The molecule has 3 aromatic rings. The molecule has 1 N–H and O–H groups in total. The molecule has 1 atom stereocenters. The molecule has 1 spiro atoms. The summed E-state index contributed by atoms with van der Waals surface area (Å²) in [6, 6.07) is 1.96. The van der Waals surface area contributed by atoms with Crippen molar-refractivity contribution in [3.63, 3.8) is 0 Å². The summed E-state index contributed by atoms with van der Waals surface area (Å²) in [5, 5.41) is 19.5. The minimum Gasteiger partial charge on any atom is -0.391 e. The van der Waals surface area contributed by atoms with Crippen molar-refractivity contribution in [3.8, 4) is 0 Å². The predicted octanol–water partition coefficient (Wildman–Crippen LogP) is 1.82. The number of aromatic nitrogens is 6. The summed E-state index contributed by atoms with van der Waals surface area (Å²) in [6.45, 7) is 10.5. The lowest BCUT2D eigenvalue weighted by Gasteiger charge is -2.49. The first-order valence-electron chi connectivity index (χ1n) is 10.9. The van der Waals surface area contributed by atoms with Crippen LogP contribution in [0.1, 0.15) is 37.4 Å². The smallest absolute Gasteiger partial charge is 0.223 e. The van der Waals surface area contributed by atoms with E-state index in [1.54, 1.807) is 6.33 Å². The first-order valence-corrected chi connectivity index (χ1v) is 10.9. The van der Waals surface area contributed by atoms with Crippen LogP contribution in [-0.2, 0) is 6.54 Å². The van der Waals surface area contributed by atoms with Gasteiger partial charge >= 0.3 is 0 Å². The number of anilines is 2. The molecular formula is C21H30N8O. The number of fused-ring (bicyclic) bond motifs is 1. The van der Waals surface area contributed by atoms with Crippen molar-refractivity contribution < 1.29 is 5.11 Å². The Bertz CT molecular complexity index is 1050. The molecular weight excluding hydrogens is 380 g/mol. The van der Waals surface area contributed by atoms with Gasteiger partial charge in [-0.1, -0.05) is 0 Å². The standard InChI is InChI=1S/C21H30N8O/c1-4-28-20(22-14-24-28)27-12-17(30)11-21(13-27)6-9-26(10-7-21)19-15(2)16(3)25-18-5-8-23-29(18)19/h5,8,14,17,30H,4,6-7,9-13H2,1-3H3. The van der Waals surface area contributed by atoms with E-state index in [0.717, 1.165) is 68.5 Å². The van der Waals surface area contributed by atoms with Gasteiger partial charge in [0, 0.05) is 50.0 Å². The van der Waals surface area contributed by atoms with Crippen LogP contribution in [-0.4, -0.2) is 66.8 Å². The number of β-amino-alcohol motifs (C(OH)–C–C–N with tert-alkyl or cyclic N) is 1. The second kappa shape index (κ2) is 7.23. The van der Waals surface area contributed by atoms with E-state index >= 15 is 0 Å². The van der Waals surface area contributed by atoms with E-state index in [1.165, 1.54) is 5.56 Å². The highest BCUT2D eigenvalue weighted by Crippen LogP contribution is 2.42. The Balaban J connectivity index is 1.39. The topological polar surface area (TPSA) is 87.6 Å². The normalized spacial score (nSPS) is 21.7. The molecule has 2 saturated heterocycles. The summed E-state index contributed by atoms with van der Waals surface area (Å²) < 4.78 is 3.88. The molecule has 0 amide bonds. The van der Waals surface area contributed by atoms with Crippen molar-refractivity contribution in [2.45, 2.75) is 52.7 Å². The van der Waals surface area contributed by atoms with E-state index in [1.807, 2.05) is 21.5 Å². The van der Waals surface area contributed by atoms with Gasteiger partial charge in [-0.25, -0.2) is 9.67 Å². The Morgan fingerprint density at radius 2 is 1.97 bits per heavy atom. The van der Waals surface area contributed by atoms with Crippen LogP contribution in [0.25, 0.3) is 5.65 Å². The van der Waals surface area contributed by atoms with Crippen molar-refractivity contribution >= 4 is 17.4 Å². The van der Waals surface area contributed by atoms with Crippen LogP contribution >= 0.6 is 0 Å². The van der Waals surface area contributed by atoms with E-state index in [0.29, 0.717) is 6.54 Å². The number of piperidine rings is 2. The van der Waals surface area contributed by atoms with Crippen molar-refractivity contribution in [1.82, 2.24) is 29.4 Å². The molecule has 0 radical (unpaired) electrons. The molecule has 3 aromatic heterocycles. The maximum atomic E-state index is 10.7. The average Bonchev–Trinajstić information content (AvgIpc) is 3.38. The highest BCUT2D eigenvalue weighted by molar-refractivity contribution is 5.56. The van der Waals surface area contributed by atoms with Gasteiger partial charge in [-0.15, -0.1) is 0 Å². The van der Waals surface area contributed by atoms with Crippen LogP contribution in [0.4, 0.5) is 11.8 Å². The molecule has 9 nitrogen and oxygen atoms in total. The van der Waals surface area contributed by atoms with Crippen molar-refractivity contribution in [2.75, 3.05) is 36.0 Å². The minimum atomic E-state index is -0.338. The zero-order valence-corrected chi connectivity index (χ0v) is 18.0. The SMILES string of the molecule is CCn1ncnc1N1CC(O)CC2(CCN(c3c(C)c(C)nc4ccnn34)CC2)C1. The highest BCUT2D eigenvalue weighted by atomic mass is 16.3. The Labute approximate surface area is 176 Å². The second-order valence-electron chi connectivity index (χ2n) is 8.85. The zero-order valence-electron chi connectivity index (χ0n) is 18.0. The molecule has 0 aromatic carbocycles. The third-order valence-corrected chi connectivity index (χ3v) is 6.91. The summed E-state index contributed by atoms with van der Waals surface area (Å²) in [7, 11) is 0. The molecule has 1 unspecified atom stereocenters. The molecule has 2 aliphatic rings. The van der Waals surface area contributed by atoms with E-state index in [4.69, 9.17) is 0 Å². The molecule has 0 aliphatic carbocycles. The van der Waals surface area contributed by atoms with Gasteiger partial charge in [0.05, 0.1) is 12.3 Å². The molecule has 2 aliphatic heterocycles. The fourth-order valence-electron chi connectivity index (χ4n) is 5.28. The fraction of sp³-hybridized carbons (Fsp3) is 0.619. The van der Waals surface area contributed by atoms with Gasteiger partial charge in [0.2, 0.25) is 5.95 Å². The number of hydrogen-bond acceptors (Lipinski definition) is 7. The highest BCUT2D eigenvalue weighted by Gasteiger charge is 2.43. The summed E-state index contributed by atoms with van der Waals surface area (Å²) in [4.78, 5) is 13.8. The van der Waals surface area contributed by atoms with Gasteiger partial charge in [0.25, 0.3) is 0 Å². The molecule has 5 heterocycles. The molecule has 5 rings (SSSR count). The molecule has 160 valence electrons. The molecule has 0 bridgehead atoms. The van der Waals surface area contributed by atoms with E-state index < -0.39 is 0 Å². The van der Waals surface area contributed by atoms with Crippen LogP contribution in [0.2, 0.25) is 0 Å². The van der Waals surface area contributed by atoms with Gasteiger partial charge in [-0.2, -0.15) is 19.7 Å². The Hall–Kier alpha value is -2.68. The third-order valence-electron chi connectivity index (χ3n) is 6.91. The zero-order chi connectivity index (χ0) is 20.9. The van der Waals surface area contributed by atoms with Crippen molar-refractivity contribution in [3.05, 3.63) is 29.8 Å². The van der Waals surface area contributed by atoms with E-state index in [2.05, 4.69) is 50.7 Å². The van der Waals surface area contributed by atoms with Crippen LogP contribution < -0.4 is 9.80 Å². The molecule has 0 saturated carbocycles. The largest absolute Gasteiger partial charge is 0.391 e. The second-order valence-corrected chi connectivity index (χ2v) is 8.85. The summed E-state index contributed by atoms with van der Waals surface area (Å²) in [5.41, 5.74) is 3.23. The van der Waals surface area contributed by atoms with Gasteiger partial charge in [0.1, 0.15) is 12.1 Å². The van der Waals surface area contributed by atoms with Crippen LogP contribution in [0.5, 0.6) is 0 Å². The quantitative estimate of drug-likeness (QED) is 0.705. The summed E-state index contributed by atoms with van der Waals surface area (Å²) in [5.74, 6) is 2.02. The molecule has 30 heavy (non-hydrogen) atoms. The lowest BCUT2D eigenvalue weighted by molar-refractivity contribution is 0.0587. The van der Waals surface area contributed by atoms with E-state index in [9.17, 15) is 5.11 Å². The van der Waals surface area contributed by atoms with Gasteiger partial charge < -0.3 is 14.9 Å². The Kier molecular flexibility index (Phi) is 4.65. The first-order chi connectivity index (χ1) is 14.5. The van der Waals surface area contributed by atoms with Gasteiger partial charge in [-0.3, -0.25) is 0 Å².